The number of halogens is 1. The fourth-order valence-corrected chi connectivity index (χ4v) is 4.55. The van der Waals surface area contributed by atoms with E-state index in [1.807, 2.05) is 60.0 Å². The molecule has 6 nitrogen and oxygen atoms in total. The van der Waals surface area contributed by atoms with Crippen molar-refractivity contribution < 1.29 is 4.79 Å². The molecule has 8 heteroatoms. The Morgan fingerprint density at radius 3 is 2.38 bits per heavy atom. The maximum Gasteiger partial charge on any atom is 0.234 e. The Morgan fingerprint density at radius 2 is 1.68 bits per heavy atom. The third kappa shape index (κ3) is 5.61. The molecule has 1 aromatic heterocycles. The average Bonchev–Trinajstić information content (AvgIpc) is 3.23. The van der Waals surface area contributed by atoms with E-state index in [4.69, 9.17) is 11.6 Å². The molecular weight excluding hydrogens is 466 g/mol. The summed E-state index contributed by atoms with van der Waals surface area (Å²) in [4.78, 5) is 12.6. The van der Waals surface area contributed by atoms with Crippen LogP contribution in [-0.4, -0.2) is 26.4 Å². The topological polar surface area (TPSA) is 71.8 Å². The summed E-state index contributed by atoms with van der Waals surface area (Å²) in [6.07, 6.45) is 0. The molecule has 0 fully saturated rings. The van der Waals surface area contributed by atoms with Gasteiger partial charge in [0.2, 0.25) is 5.91 Å². The van der Waals surface area contributed by atoms with E-state index in [1.54, 1.807) is 6.07 Å². The molecule has 1 amide bonds. The molecule has 0 aliphatic rings. The highest BCUT2D eigenvalue weighted by Gasteiger charge is 2.16. The molecule has 0 bridgehead atoms. The Labute approximate surface area is 208 Å². The Bertz CT molecular complexity index is 1290. The number of nitrogens with one attached hydrogen (secondary N) is 2. The normalized spacial score (nSPS) is 10.8. The largest absolute Gasteiger partial charge is 0.377 e. The van der Waals surface area contributed by atoms with Gasteiger partial charge in [-0.25, -0.2) is 0 Å². The molecule has 2 N–H and O–H groups in total. The third-order valence-electron chi connectivity index (χ3n) is 5.41. The average molecular weight is 492 g/mol. The van der Waals surface area contributed by atoms with E-state index in [0.29, 0.717) is 22.4 Å². The van der Waals surface area contributed by atoms with Gasteiger partial charge < -0.3 is 10.6 Å². The maximum atomic E-state index is 12.6. The van der Waals surface area contributed by atoms with Crippen LogP contribution >= 0.6 is 23.4 Å². The van der Waals surface area contributed by atoms with Crippen molar-refractivity contribution in [3.05, 3.63) is 94.3 Å². The molecule has 4 rings (SSSR count). The van der Waals surface area contributed by atoms with Gasteiger partial charge in [0, 0.05) is 22.1 Å². The van der Waals surface area contributed by atoms with Gasteiger partial charge >= 0.3 is 0 Å². The monoisotopic (exact) mass is 491 g/mol. The number of carbonyl (C=O) groups excluding carboxylic acids is 1. The quantitative estimate of drug-likeness (QED) is 0.287. The van der Waals surface area contributed by atoms with Gasteiger partial charge in [-0.1, -0.05) is 65.8 Å². The number of amides is 1. The van der Waals surface area contributed by atoms with Crippen LogP contribution in [0.15, 0.2) is 71.9 Å². The Kier molecular flexibility index (Phi) is 7.55. The standard InChI is InChI=1S/C26H26ClN5OS/c1-17-12-13-20(14-22(17)27)29-24(33)16-34-26-31-30-23(32(26)21-10-5-4-6-11-21)15-28-25-18(2)8-7-9-19(25)3/h4-14,28H,15-16H2,1-3H3,(H,29,33). The first kappa shape index (κ1) is 23.9. The van der Waals surface area contributed by atoms with Gasteiger partial charge in [-0.15, -0.1) is 10.2 Å². The summed E-state index contributed by atoms with van der Waals surface area (Å²) in [7, 11) is 0. The van der Waals surface area contributed by atoms with Crippen molar-refractivity contribution in [1.29, 1.82) is 0 Å². The van der Waals surface area contributed by atoms with Gasteiger partial charge in [0.25, 0.3) is 0 Å². The number of aromatic nitrogens is 3. The van der Waals surface area contributed by atoms with Crippen molar-refractivity contribution in [2.75, 3.05) is 16.4 Å². The van der Waals surface area contributed by atoms with Crippen LogP contribution in [0.1, 0.15) is 22.5 Å². The molecule has 0 unspecified atom stereocenters. The van der Waals surface area contributed by atoms with Crippen molar-refractivity contribution >= 4 is 40.6 Å². The lowest BCUT2D eigenvalue weighted by Crippen LogP contribution is -2.15. The van der Waals surface area contributed by atoms with Crippen LogP contribution in [0.25, 0.3) is 5.69 Å². The first-order chi connectivity index (χ1) is 16.4. The molecule has 1 heterocycles. The first-order valence-corrected chi connectivity index (χ1v) is 12.3. The lowest BCUT2D eigenvalue weighted by Gasteiger charge is -2.14. The number of para-hydroxylation sites is 2. The van der Waals surface area contributed by atoms with Gasteiger partial charge in [0.1, 0.15) is 0 Å². The molecule has 0 atom stereocenters. The summed E-state index contributed by atoms with van der Waals surface area (Å²) in [6, 6.07) is 21.6. The van der Waals surface area contributed by atoms with Crippen LogP contribution in [0.2, 0.25) is 5.02 Å². The number of rotatable bonds is 8. The number of hydrogen-bond donors (Lipinski definition) is 2. The summed E-state index contributed by atoms with van der Waals surface area (Å²) in [5.74, 6) is 0.825. The number of nitrogens with zero attached hydrogens (tertiary/aromatic N) is 3. The molecule has 174 valence electrons. The summed E-state index contributed by atoms with van der Waals surface area (Å²) in [5, 5.41) is 16.5. The van der Waals surface area contributed by atoms with Crippen LogP contribution in [0.5, 0.6) is 0 Å². The number of aryl methyl sites for hydroxylation is 3. The highest BCUT2D eigenvalue weighted by atomic mass is 35.5. The predicted octanol–water partition coefficient (Wildman–Crippen LogP) is 6.19. The van der Waals surface area contributed by atoms with Gasteiger partial charge in [0.05, 0.1) is 12.3 Å². The minimum absolute atomic E-state index is 0.136. The molecule has 3 aromatic carbocycles. The second-order valence-corrected chi connectivity index (χ2v) is 9.34. The van der Waals surface area contributed by atoms with E-state index in [-0.39, 0.29) is 11.7 Å². The van der Waals surface area contributed by atoms with Crippen molar-refractivity contribution in [2.24, 2.45) is 0 Å². The minimum atomic E-state index is -0.136. The van der Waals surface area contributed by atoms with E-state index in [2.05, 4.69) is 46.8 Å². The van der Waals surface area contributed by atoms with Crippen LogP contribution in [0, 0.1) is 20.8 Å². The van der Waals surface area contributed by atoms with Crippen molar-refractivity contribution in [1.82, 2.24) is 14.8 Å². The van der Waals surface area contributed by atoms with Crippen molar-refractivity contribution in [2.45, 2.75) is 32.5 Å². The number of benzene rings is 3. The van der Waals surface area contributed by atoms with Crippen LogP contribution in [0.3, 0.4) is 0 Å². The summed E-state index contributed by atoms with van der Waals surface area (Å²) in [5.41, 5.74) is 6.02. The third-order valence-corrected chi connectivity index (χ3v) is 6.74. The van der Waals surface area contributed by atoms with Gasteiger partial charge in [0.15, 0.2) is 11.0 Å². The van der Waals surface area contributed by atoms with Gasteiger partial charge in [-0.05, 0) is 61.7 Å². The number of carbonyl (C=O) groups is 1. The summed E-state index contributed by atoms with van der Waals surface area (Å²) < 4.78 is 1.99. The second kappa shape index (κ2) is 10.8. The maximum absolute atomic E-state index is 12.6. The zero-order valence-corrected chi connectivity index (χ0v) is 20.9. The molecule has 4 aromatic rings. The Morgan fingerprint density at radius 1 is 0.941 bits per heavy atom. The first-order valence-electron chi connectivity index (χ1n) is 10.9. The van der Waals surface area contributed by atoms with Crippen molar-refractivity contribution in [3.63, 3.8) is 0 Å². The molecule has 34 heavy (non-hydrogen) atoms. The zero-order chi connectivity index (χ0) is 24.1. The lowest BCUT2D eigenvalue weighted by atomic mass is 10.1. The predicted molar refractivity (Wildman–Crippen MR) is 140 cm³/mol. The smallest absolute Gasteiger partial charge is 0.234 e. The number of thioether (sulfide) groups is 1. The van der Waals surface area contributed by atoms with E-state index < -0.39 is 0 Å². The van der Waals surface area contributed by atoms with Crippen LogP contribution in [-0.2, 0) is 11.3 Å². The zero-order valence-electron chi connectivity index (χ0n) is 19.3. The van der Waals surface area contributed by atoms with Crippen LogP contribution < -0.4 is 10.6 Å². The summed E-state index contributed by atoms with van der Waals surface area (Å²) >= 11 is 7.51. The Hall–Kier alpha value is -3.29. The highest BCUT2D eigenvalue weighted by Crippen LogP contribution is 2.25. The van der Waals surface area contributed by atoms with E-state index >= 15 is 0 Å². The molecule has 0 saturated carbocycles. The Balaban J connectivity index is 1.51. The fraction of sp³-hybridized carbons (Fsp3) is 0.192. The lowest BCUT2D eigenvalue weighted by molar-refractivity contribution is -0.113. The van der Waals surface area contributed by atoms with Crippen LogP contribution in [0.4, 0.5) is 11.4 Å². The van der Waals surface area contributed by atoms with Crippen molar-refractivity contribution in [3.8, 4) is 5.69 Å². The molecule has 0 spiro atoms. The molecule has 0 aliphatic heterocycles. The molecule has 0 aliphatic carbocycles. The molecular formula is C26H26ClN5OS. The minimum Gasteiger partial charge on any atom is -0.377 e. The molecule has 0 saturated heterocycles. The van der Waals surface area contributed by atoms with Gasteiger partial charge in [-0.2, -0.15) is 0 Å². The number of anilines is 2. The summed E-state index contributed by atoms with van der Waals surface area (Å²) in [6.45, 7) is 6.59. The second-order valence-electron chi connectivity index (χ2n) is 7.99. The van der Waals surface area contributed by atoms with E-state index in [1.165, 1.54) is 22.9 Å². The highest BCUT2D eigenvalue weighted by molar-refractivity contribution is 7.99. The van der Waals surface area contributed by atoms with Gasteiger partial charge in [-0.3, -0.25) is 9.36 Å². The SMILES string of the molecule is Cc1ccc(NC(=O)CSc2nnc(CNc3c(C)cccc3C)n2-c2ccccc2)cc1Cl. The van der Waals surface area contributed by atoms with E-state index in [0.717, 1.165) is 22.8 Å². The number of hydrogen-bond acceptors (Lipinski definition) is 5. The van der Waals surface area contributed by atoms with E-state index in [9.17, 15) is 4.79 Å². The fourth-order valence-electron chi connectivity index (χ4n) is 3.60. The molecule has 0 radical (unpaired) electrons.